The van der Waals surface area contributed by atoms with E-state index in [1.54, 1.807) is 18.2 Å². The molecule has 1 heterocycles. The Bertz CT molecular complexity index is 1240. The zero-order valence-corrected chi connectivity index (χ0v) is 18.1. The molecule has 0 spiro atoms. The van der Waals surface area contributed by atoms with E-state index in [4.69, 9.17) is 4.74 Å². The Morgan fingerprint density at radius 2 is 1.81 bits per heavy atom. The van der Waals surface area contributed by atoms with Crippen molar-refractivity contribution in [3.05, 3.63) is 86.8 Å². The van der Waals surface area contributed by atoms with Crippen molar-refractivity contribution in [2.45, 2.75) is 20.0 Å². The zero-order chi connectivity index (χ0) is 22.7. The van der Waals surface area contributed by atoms with Crippen LogP contribution in [-0.2, 0) is 11.4 Å². The number of carbonyl (C=O) groups excluding carboxylic acids is 2. The van der Waals surface area contributed by atoms with E-state index >= 15 is 0 Å². The van der Waals surface area contributed by atoms with Crippen LogP contribution in [0, 0.1) is 10.1 Å². The molecule has 3 aromatic carbocycles. The fraction of sp³-hybridized carbons (Fsp3) is 0.167. The van der Waals surface area contributed by atoms with Crippen LogP contribution in [0.5, 0.6) is 5.75 Å². The summed E-state index contributed by atoms with van der Waals surface area (Å²) in [6.07, 6.45) is 2.41. The highest BCUT2D eigenvalue weighted by Gasteiger charge is 2.34. The summed E-state index contributed by atoms with van der Waals surface area (Å²) in [5.74, 6) is 0.264. The van der Waals surface area contributed by atoms with Crippen LogP contribution in [0.25, 0.3) is 16.8 Å². The number of hydrogen-bond acceptors (Lipinski definition) is 6. The van der Waals surface area contributed by atoms with Crippen molar-refractivity contribution in [2.24, 2.45) is 0 Å². The van der Waals surface area contributed by atoms with Crippen LogP contribution in [-0.4, -0.2) is 27.5 Å². The molecular weight excluding hydrogens is 428 g/mol. The zero-order valence-electron chi connectivity index (χ0n) is 17.3. The van der Waals surface area contributed by atoms with E-state index in [1.165, 1.54) is 17.0 Å². The number of rotatable bonds is 7. The first-order chi connectivity index (χ1) is 15.5. The number of fused-ring (bicyclic) bond motifs is 1. The molecule has 3 aromatic rings. The summed E-state index contributed by atoms with van der Waals surface area (Å²) in [4.78, 5) is 37.0. The number of nitro groups is 1. The highest BCUT2D eigenvalue weighted by molar-refractivity contribution is 8.18. The van der Waals surface area contributed by atoms with Crippen LogP contribution < -0.4 is 4.74 Å². The number of thioether (sulfide) groups is 1. The molecule has 4 rings (SSSR count). The lowest BCUT2D eigenvalue weighted by Gasteiger charge is -2.13. The first kappa shape index (κ1) is 21.6. The summed E-state index contributed by atoms with van der Waals surface area (Å²) in [7, 11) is 0. The van der Waals surface area contributed by atoms with Gasteiger partial charge in [-0.3, -0.25) is 24.6 Å². The van der Waals surface area contributed by atoms with Gasteiger partial charge in [-0.15, -0.1) is 0 Å². The van der Waals surface area contributed by atoms with Crippen LogP contribution in [0.4, 0.5) is 10.5 Å². The van der Waals surface area contributed by atoms with Crippen LogP contribution in [0.15, 0.2) is 65.6 Å². The lowest BCUT2D eigenvalue weighted by Crippen LogP contribution is -2.28. The fourth-order valence-electron chi connectivity index (χ4n) is 3.47. The predicted molar refractivity (Wildman–Crippen MR) is 124 cm³/mol. The van der Waals surface area contributed by atoms with Crippen molar-refractivity contribution < 1.29 is 19.2 Å². The molecule has 1 fully saturated rings. The first-order valence-corrected chi connectivity index (χ1v) is 10.9. The van der Waals surface area contributed by atoms with E-state index in [9.17, 15) is 19.7 Å². The van der Waals surface area contributed by atoms with Gasteiger partial charge in [-0.25, -0.2) is 0 Å². The molecule has 7 nitrogen and oxygen atoms in total. The van der Waals surface area contributed by atoms with E-state index in [-0.39, 0.29) is 23.4 Å². The highest BCUT2D eigenvalue weighted by Crippen LogP contribution is 2.37. The maximum absolute atomic E-state index is 12.7. The summed E-state index contributed by atoms with van der Waals surface area (Å²) in [5.41, 5.74) is 1.51. The first-order valence-electron chi connectivity index (χ1n) is 10.1. The molecule has 162 valence electrons. The van der Waals surface area contributed by atoms with Gasteiger partial charge in [0.15, 0.2) is 0 Å². The van der Waals surface area contributed by atoms with Crippen LogP contribution in [0.2, 0.25) is 0 Å². The molecule has 1 saturated heterocycles. The van der Waals surface area contributed by atoms with Gasteiger partial charge in [-0.05, 0) is 58.8 Å². The molecular formula is C24H20N2O5S. The van der Waals surface area contributed by atoms with Crippen molar-refractivity contribution in [3.8, 4) is 5.75 Å². The van der Waals surface area contributed by atoms with Crippen molar-refractivity contribution in [1.29, 1.82) is 0 Å². The highest BCUT2D eigenvalue weighted by atomic mass is 32.2. The van der Waals surface area contributed by atoms with Gasteiger partial charge < -0.3 is 4.74 Å². The van der Waals surface area contributed by atoms with Crippen molar-refractivity contribution >= 4 is 45.4 Å². The SMILES string of the molecule is CCCN1C(=O)S/C(=C/c2c(OCc3ccc([N+](=O)[O-])cc3)ccc3ccccc23)C1=O. The van der Waals surface area contributed by atoms with Crippen LogP contribution >= 0.6 is 11.8 Å². The van der Waals surface area contributed by atoms with Gasteiger partial charge in [0.1, 0.15) is 12.4 Å². The standard InChI is InChI=1S/C24H20N2O5S/c1-2-13-25-23(27)22(32-24(25)28)14-20-19-6-4-3-5-17(19)9-12-21(20)31-15-16-7-10-18(11-8-16)26(29)30/h3-12,14H,2,13,15H2,1H3/b22-14+. The Morgan fingerprint density at radius 3 is 2.53 bits per heavy atom. The molecule has 0 N–H and O–H groups in total. The minimum absolute atomic E-state index is 0.0166. The summed E-state index contributed by atoms with van der Waals surface area (Å²) in [6.45, 7) is 2.51. The predicted octanol–water partition coefficient (Wildman–Crippen LogP) is 5.77. The molecule has 2 amide bonds. The van der Waals surface area contributed by atoms with Gasteiger partial charge in [0.05, 0.1) is 9.83 Å². The smallest absolute Gasteiger partial charge is 0.293 e. The maximum atomic E-state index is 12.7. The second-order valence-corrected chi connectivity index (χ2v) is 8.24. The van der Waals surface area contributed by atoms with Crippen LogP contribution in [0.1, 0.15) is 24.5 Å². The molecule has 0 atom stereocenters. The molecule has 0 radical (unpaired) electrons. The van der Waals surface area contributed by atoms with E-state index < -0.39 is 4.92 Å². The monoisotopic (exact) mass is 448 g/mol. The Balaban J connectivity index is 1.68. The summed E-state index contributed by atoms with van der Waals surface area (Å²) >= 11 is 0.932. The molecule has 0 unspecified atom stereocenters. The molecule has 0 bridgehead atoms. The van der Waals surface area contributed by atoms with Crippen molar-refractivity contribution in [1.82, 2.24) is 4.90 Å². The third-order valence-corrected chi connectivity index (χ3v) is 5.98. The lowest BCUT2D eigenvalue weighted by molar-refractivity contribution is -0.384. The summed E-state index contributed by atoms with van der Waals surface area (Å²) < 4.78 is 6.04. The molecule has 8 heteroatoms. The second kappa shape index (κ2) is 9.23. The third-order valence-electron chi connectivity index (χ3n) is 5.07. The van der Waals surface area contributed by atoms with E-state index in [2.05, 4.69) is 0 Å². The number of nitrogens with zero attached hydrogens (tertiary/aromatic N) is 2. The van der Waals surface area contributed by atoms with Gasteiger partial charge in [-0.2, -0.15) is 0 Å². The average molecular weight is 449 g/mol. The number of ether oxygens (including phenoxy) is 1. The van der Waals surface area contributed by atoms with Crippen LogP contribution in [0.3, 0.4) is 0 Å². The summed E-state index contributed by atoms with van der Waals surface area (Å²) in [6, 6.07) is 17.7. The number of hydrogen-bond donors (Lipinski definition) is 0. The van der Waals surface area contributed by atoms with Crippen molar-refractivity contribution in [3.63, 3.8) is 0 Å². The second-order valence-electron chi connectivity index (χ2n) is 7.24. The number of amides is 2. The Kier molecular flexibility index (Phi) is 6.23. The normalized spacial score (nSPS) is 15.0. The molecule has 0 aromatic heterocycles. The minimum Gasteiger partial charge on any atom is -0.488 e. The van der Waals surface area contributed by atoms with Gasteiger partial charge >= 0.3 is 0 Å². The Morgan fingerprint density at radius 1 is 1.06 bits per heavy atom. The van der Waals surface area contributed by atoms with Crippen molar-refractivity contribution in [2.75, 3.05) is 6.54 Å². The number of carbonyl (C=O) groups is 2. The topological polar surface area (TPSA) is 89.8 Å². The molecule has 32 heavy (non-hydrogen) atoms. The number of imide groups is 1. The summed E-state index contributed by atoms with van der Waals surface area (Å²) in [5, 5.41) is 12.5. The fourth-order valence-corrected chi connectivity index (χ4v) is 4.32. The Labute approximate surface area is 188 Å². The number of benzene rings is 3. The van der Waals surface area contributed by atoms with Gasteiger partial charge in [-0.1, -0.05) is 37.3 Å². The van der Waals surface area contributed by atoms with E-state index in [0.717, 1.165) is 28.1 Å². The van der Waals surface area contributed by atoms with E-state index in [0.29, 0.717) is 29.2 Å². The molecule has 1 aliphatic heterocycles. The van der Waals surface area contributed by atoms with E-state index in [1.807, 2.05) is 43.3 Å². The number of nitro benzene ring substituents is 1. The molecule has 0 aliphatic carbocycles. The molecule has 1 aliphatic rings. The maximum Gasteiger partial charge on any atom is 0.293 e. The quantitative estimate of drug-likeness (QED) is 0.259. The van der Waals surface area contributed by atoms with Gasteiger partial charge in [0.25, 0.3) is 16.8 Å². The molecule has 0 saturated carbocycles. The van der Waals surface area contributed by atoms with Gasteiger partial charge in [0.2, 0.25) is 0 Å². The lowest BCUT2D eigenvalue weighted by atomic mass is 10.0. The average Bonchev–Trinajstić information content (AvgIpc) is 3.06. The number of non-ortho nitro benzene ring substituents is 1. The van der Waals surface area contributed by atoms with Gasteiger partial charge in [0, 0.05) is 24.2 Å². The third kappa shape index (κ3) is 4.36. The largest absolute Gasteiger partial charge is 0.488 e. The minimum atomic E-state index is -0.447. The Hall–Kier alpha value is -3.65.